The van der Waals surface area contributed by atoms with Crippen LogP contribution in [0.1, 0.15) is 23.0 Å². The van der Waals surface area contributed by atoms with Gasteiger partial charge in [0.05, 0.1) is 12.3 Å². The van der Waals surface area contributed by atoms with Crippen LogP contribution in [-0.4, -0.2) is 27.2 Å². The Morgan fingerprint density at radius 3 is 2.70 bits per heavy atom. The summed E-state index contributed by atoms with van der Waals surface area (Å²) >= 11 is 6.07. The maximum Gasteiger partial charge on any atom is 0.345 e. The Bertz CT molecular complexity index is 890. The van der Waals surface area contributed by atoms with Crippen molar-refractivity contribution in [2.75, 3.05) is 6.61 Å². The van der Waals surface area contributed by atoms with Crippen molar-refractivity contribution in [3.8, 4) is 11.3 Å². The monoisotopic (exact) mass is 333 g/mol. The molecule has 2 aromatic heterocycles. The van der Waals surface area contributed by atoms with E-state index >= 15 is 0 Å². The van der Waals surface area contributed by atoms with Crippen LogP contribution in [0.4, 0.5) is 4.39 Å². The number of rotatable bonds is 3. The molecule has 0 bridgehead atoms. The van der Waals surface area contributed by atoms with Crippen LogP contribution in [0.15, 0.2) is 30.3 Å². The normalized spacial score (nSPS) is 11.0. The lowest BCUT2D eigenvalue weighted by atomic mass is 10.1. The molecule has 0 radical (unpaired) electrons. The number of aromatic nitrogens is 3. The number of esters is 1. The molecule has 3 aromatic rings. The number of benzene rings is 1. The van der Waals surface area contributed by atoms with E-state index in [4.69, 9.17) is 16.3 Å². The highest BCUT2D eigenvalue weighted by Crippen LogP contribution is 2.25. The molecule has 0 aliphatic heterocycles. The van der Waals surface area contributed by atoms with Gasteiger partial charge in [0.2, 0.25) is 0 Å². The van der Waals surface area contributed by atoms with Gasteiger partial charge in [0, 0.05) is 11.3 Å². The summed E-state index contributed by atoms with van der Waals surface area (Å²) in [5.41, 5.74) is 2.50. The van der Waals surface area contributed by atoms with Crippen molar-refractivity contribution in [1.82, 2.24) is 14.6 Å². The lowest BCUT2D eigenvalue weighted by Gasteiger charge is -2.06. The Balaban J connectivity index is 2.21. The zero-order valence-electron chi connectivity index (χ0n) is 12.5. The van der Waals surface area contributed by atoms with Gasteiger partial charge in [0.15, 0.2) is 10.8 Å². The fourth-order valence-electron chi connectivity index (χ4n) is 2.29. The number of carbonyl (C=O) groups is 1. The number of hydrogen-bond donors (Lipinski definition) is 0. The molecule has 118 valence electrons. The predicted octanol–water partition coefficient (Wildman–Crippen LogP) is 3.67. The van der Waals surface area contributed by atoms with Gasteiger partial charge in [0.1, 0.15) is 11.4 Å². The average molecular weight is 334 g/mol. The van der Waals surface area contributed by atoms with Crippen molar-refractivity contribution >= 4 is 23.2 Å². The average Bonchev–Trinajstić information content (AvgIpc) is 2.85. The lowest BCUT2D eigenvalue weighted by molar-refractivity contribution is 0.0528. The van der Waals surface area contributed by atoms with Crippen molar-refractivity contribution < 1.29 is 13.9 Å². The van der Waals surface area contributed by atoms with Crippen molar-refractivity contribution in [2.45, 2.75) is 13.8 Å². The van der Waals surface area contributed by atoms with Crippen LogP contribution in [0, 0.1) is 12.7 Å². The number of hydrogen-bond acceptors (Lipinski definition) is 4. The minimum absolute atomic E-state index is 0.0373. The summed E-state index contributed by atoms with van der Waals surface area (Å²) in [7, 11) is 0. The number of carbonyl (C=O) groups excluding carboxylic acids is 1. The first-order valence-corrected chi connectivity index (χ1v) is 7.38. The summed E-state index contributed by atoms with van der Waals surface area (Å²) in [5.74, 6) is -0.901. The summed E-state index contributed by atoms with van der Waals surface area (Å²) in [5, 5.41) is 4.16. The third-order valence-electron chi connectivity index (χ3n) is 3.34. The third kappa shape index (κ3) is 2.77. The third-order valence-corrected chi connectivity index (χ3v) is 3.61. The molecule has 0 fully saturated rings. The number of aryl methyl sites for hydroxylation is 1. The van der Waals surface area contributed by atoms with Gasteiger partial charge in [0.25, 0.3) is 0 Å². The van der Waals surface area contributed by atoms with E-state index < -0.39 is 5.97 Å². The second kappa shape index (κ2) is 5.96. The van der Waals surface area contributed by atoms with E-state index in [1.165, 1.54) is 16.6 Å². The van der Waals surface area contributed by atoms with Gasteiger partial charge < -0.3 is 4.74 Å². The summed E-state index contributed by atoms with van der Waals surface area (Å²) in [4.78, 5) is 16.5. The highest BCUT2D eigenvalue weighted by atomic mass is 35.5. The Kier molecular flexibility index (Phi) is 4.00. The number of nitrogens with zero attached hydrogens (tertiary/aromatic N) is 3. The van der Waals surface area contributed by atoms with Crippen LogP contribution in [-0.2, 0) is 4.74 Å². The van der Waals surface area contributed by atoms with Crippen molar-refractivity contribution in [3.05, 3.63) is 52.6 Å². The summed E-state index contributed by atoms with van der Waals surface area (Å²) < 4.78 is 19.6. The van der Waals surface area contributed by atoms with Crippen LogP contribution in [0.25, 0.3) is 16.9 Å². The quantitative estimate of drug-likeness (QED) is 0.686. The molecule has 0 atom stereocenters. The first kappa shape index (κ1) is 15.4. The van der Waals surface area contributed by atoms with E-state index in [1.54, 1.807) is 25.1 Å². The molecule has 7 heteroatoms. The summed E-state index contributed by atoms with van der Waals surface area (Å²) in [6, 6.07) is 7.74. The van der Waals surface area contributed by atoms with Crippen LogP contribution >= 0.6 is 11.6 Å². The van der Waals surface area contributed by atoms with Gasteiger partial charge >= 0.3 is 5.97 Å². The molecule has 0 saturated carbocycles. The molecule has 2 heterocycles. The molecule has 0 N–H and O–H groups in total. The molecule has 0 amide bonds. The van der Waals surface area contributed by atoms with E-state index in [9.17, 15) is 9.18 Å². The molecule has 0 aliphatic carbocycles. The van der Waals surface area contributed by atoms with Gasteiger partial charge in [-0.1, -0.05) is 11.6 Å². The maximum atomic E-state index is 13.1. The van der Waals surface area contributed by atoms with Crippen LogP contribution in [0.2, 0.25) is 5.15 Å². The number of halogens is 2. The van der Waals surface area contributed by atoms with Gasteiger partial charge in [-0.15, -0.1) is 0 Å². The van der Waals surface area contributed by atoms with E-state index in [1.807, 2.05) is 6.92 Å². The van der Waals surface area contributed by atoms with E-state index in [0.29, 0.717) is 11.3 Å². The zero-order valence-corrected chi connectivity index (χ0v) is 13.3. The summed E-state index contributed by atoms with van der Waals surface area (Å²) in [6.45, 7) is 3.75. The smallest absolute Gasteiger partial charge is 0.345 e. The van der Waals surface area contributed by atoms with Gasteiger partial charge in [-0.3, -0.25) is 0 Å². The molecule has 0 saturated heterocycles. The molecule has 1 aromatic carbocycles. The van der Waals surface area contributed by atoms with E-state index in [0.717, 1.165) is 11.3 Å². The Morgan fingerprint density at radius 1 is 1.35 bits per heavy atom. The second-order valence-corrected chi connectivity index (χ2v) is 5.27. The molecule has 0 spiro atoms. The number of fused-ring (bicyclic) bond motifs is 1. The Morgan fingerprint density at radius 2 is 2.04 bits per heavy atom. The minimum atomic E-state index is -0.573. The molecule has 0 aliphatic rings. The van der Waals surface area contributed by atoms with Gasteiger partial charge in [-0.05, 0) is 44.2 Å². The molecule has 5 nitrogen and oxygen atoms in total. The van der Waals surface area contributed by atoms with E-state index in [-0.39, 0.29) is 23.1 Å². The fourth-order valence-corrected chi connectivity index (χ4v) is 2.52. The minimum Gasteiger partial charge on any atom is -0.462 e. The molecular weight excluding hydrogens is 321 g/mol. The largest absolute Gasteiger partial charge is 0.462 e. The number of ether oxygens (including phenoxy) is 1. The van der Waals surface area contributed by atoms with Crippen LogP contribution in [0.5, 0.6) is 0 Å². The maximum absolute atomic E-state index is 13.1. The Hall–Kier alpha value is -2.47. The summed E-state index contributed by atoms with van der Waals surface area (Å²) in [6.07, 6.45) is 0. The highest BCUT2D eigenvalue weighted by molar-refractivity contribution is 6.33. The predicted molar refractivity (Wildman–Crippen MR) is 84.1 cm³/mol. The van der Waals surface area contributed by atoms with Crippen LogP contribution in [0.3, 0.4) is 0 Å². The van der Waals surface area contributed by atoms with Gasteiger partial charge in [-0.25, -0.2) is 18.7 Å². The molecule has 23 heavy (non-hydrogen) atoms. The molecular formula is C16H13ClFN3O2. The Labute approximate surface area is 136 Å². The molecule has 3 rings (SSSR count). The van der Waals surface area contributed by atoms with Crippen molar-refractivity contribution in [1.29, 1.82) is 0 Å². The first-order chi connectivity index (χ1) is 11.0. The van der Waals surface area contributed by atoms with Crippen molar-refractivity contribution in [3.63, 3.8) is 0 Å². The van der Waals surface area contributed by atoms with Crippen molar-refractivity contribution in [2.24, 2.45) is 0 Å². The fraction of sp³-hybridized carbons (Fsp3) is 0.188. The van der Waals surface area contributed by atoms with Gasteiger partial charge in [-0.2, -0.15) is 5.10 Å². The SMILES string of the molecule is CCOC(=O)c1c(Cl)nn2c(C)cc(-c3ccc(F)cc3)nc12. The molecule has 0 unspecified atom stereocenters. The highest BCUT2D eigenvalue weighted by Gasteiger charge is 2.22. The standard InChI is InChI=1S/C16H13ClFN3O2/c1-3-23-16(22)13-14(17)20-21-9(2)8-12(19-15(13)21)10-4-6-11(18)7-5-10/h4-8H,3H2,1-2H3. The lowest BCUT2D eigenvalue weighted by Crippen LogP contribution is -2.06. The topological polar surface area (TPSA) is 56.5 Å². The van der Waals surface area contributed by atoms with Crippen LogP contribution < -0.4 is 0 Å². The zero-order chi connectivity index (χ0) is 16.6. The second-order valence-electron chi connectivity index (χ2n) is 4.91. The van der Waals surface area contributed by atoms with E-state index in [2.05, 4.69) is 10.1 Å². The first-order valence-electron chi connectivity index (χ1n) is 7.00.